The molecule has 2 fully saturated rings. The molecule has 32 heavy (non-hydrogen) atoms. The van der Waals surface area contributed by atoms with Gasteiger partial charge in [0, 0.05) is 48.5 Å². The van der Waals surface area contributed by atoms with E-state index >= 15 is 0 Å². The molecular formula is C24H30ClN3O3S. The van der Waals surface area contributed by atoms with Crippen molar-refractivity contribution in [1.82, 2.24) is 4.31 Å². The van der Waals surface area contributed by atoms with Gasteiger partial charge in [0.2, 0.25) is 15.9 Å². The van der Waals surface area contributed by atoms with Crippen LogP contribution in [0.25, 0.3) is 0 Å². The van der Waals surface area contributed by atoms with Gasteiger partial charge in [0.25, 0.3) is 0 Å². The van der Waals surface area contributed by atoms with E-state index in [9.17, 15) is 13.2 Å². The highest BCUT2D eigenvalue weighted by Crippen LogP contribution is 2.25. The molecule has 0 saturated carbocycles. The summed E-state index contributed by atoms with van der Waals surface area (Å²) in [7, 11) is -3.42. The number of anilines is 2. The molecule has 0 atom stereocenters. The van der Waals surface area contributed by atoms with E-state index in [4.69, 9.17) is 11.6 Å². The van der Waals surface area contributed by atoms with Gasteiger partial charge in [0.15, 0.2) is 0 Å². The molecule has 2 aromatic rings. The fraction of sp³-hybridized carbons (Fsp3) is 0.458. The standard InChI is InChI=1S/C24H30ClN3O3S/c25-21-6-4-19(5-7-21)18-32(30,31)28-16-12-20(13-17-28)24(29)26-22-8-10-23(11-9-22)27-14-2-1-3-15-27/h4-11,20H,1-3,12-18H2,(H,26,29). The largest absolute Gasteiger partial charge is 0.372 e. The molecule has 172 valence electrons. The molecular weight excluding hydrogens is 446 g/mol. The van der Waals surface area contributed by atoms with Gasteiger partial charge in [-0.05, 0) is 74.1 Å². The Balaban J connectivity index is 1.28. The minimum atomic E-state index is -3.42. The van der Waals surface area contributed by atoms with E-state index in [0.717, 1.165) is 18.8 Å². The molecule has 6 nitrogen and oxygen atoms in total. The number of halogens is 1. The summed E-state index contributed by atoms with van der Waals surface area (Å²) in [6, 6.07) is 14.9. The van der Waals surface area contributed by atoms with Crippen LogP contribution in [0.2, 0.25) is 5.02 Å². The summed E-state index contributed by atoms with van der Waals surface area (Å²) >= 11 is 5.88. The Morgan fingerprint density at radius 3 is 2.16 bits per heavy atom. The molecule has 0 aliphatic carbocycles. The van der Waals surface area contributed by atoms with Gasteiger partial charge in [0.05, 0.1) is 5.75 Å². The van der Waals surface area contributed by atoms with E-state index in [0.29, 0.717) is 36.5 Å². The molecule has 2 saturated heterocycles. The van der Waals surface area contributed by atoms with Crippen LogP contribution in [0.5, 0.6) is 0 Å². The normalized spacial score (nSPS) is 18.5. The van der Waals surface area contributed by atoms with Crippen LogP contribution in [0.15, 0.2) is 48.5 Å². The lowest BCUT2D eigenvalue weighted by atomic mass is 9.97. The highest BCUT2D eigenvalue weighted by atomic mass is 35.5. The van der Waals surface area contributed by atoms with Gasteiger partial charge >= 0.3 is 0 Å². The van der Waals surface area contributed by atoms with Crippen LogP contribution in [-0.4, -0.2) is 44.8 Å². The van der Waals surface area contributed by atoms with Crippen molar-refractivity contribution in [2.75, 3.05) is 36.4 Å². The van der Waals surface area contributed by atoms with E-state index < -0.39 is 10.0 Å². The predicted octanol–water partition coefficient (Wildman–Crippen LogP) is 4.51. The number of piperidine rings is 2. The first kappa shape index (κ1) is 23.1. The average Bonchev–Trinajstić information content (AvgIpc) is 2.81. The molecule has 8 heteroatoms. The zero-order chi connectivity index (χ0) is 22.6. The Morgan fingerprint density at radius 2 is 1.53 bits per heavy atom. The van der Waals surface area contributed by atoms with Gasteiger partial charge in [-0.25, -0.2) is 12.7 Å². The third-order valence-electron chi connectivity index (χ3n) is 6.34. The second-order valence-electron chi connectivity index (χ2n) is 8.64. The van der Waals surface area contributed by atoms with E-state index in [1.54, 1.807) is 24.3 Å². The lowest BCUT2D eigenvalue weighted by Crippen LogP contribution is -2.41. The van der Waals surface area contributed by atoms with E-state index in [1.807, 2.05) is 12.1 Å². The number of hydrogen-bond acceptors (Lipinski definition) is 4. The number of rotatable bonds is 6. The number of nitrogens with zero attached hydrogens (tertiary/aromatic N) is 2. The molecule has 2 heterocycles. The Morgan fingerprint density at radius 1 is 0.906 bits per heavy atom. The van der Waals surface area contributed by atoms with Crippen LogP contribution in [0, 0.1) is 5.92 Å². The molecule has 2 aliphatic rings. The van der Waals surface area contributed by atoms with E-state index in [2.05, 4.69) is 22.3 Å². The first-order valence-corrected chi connectivity index (χ1v) is 13.3. The number of carbonyl (C=O) groups is 1. The SMILES string of the molecule is O=C(Nc1ccc(N2CCCCC2)cc1)C1CCN(S(=O)(=O)Cc2ccc(Cl)cc2)CC1. The molecule has 0 aromatic heterocycles. The van der Waals surface area contributed by atoms with Gasteiger partial charge in [-0.1, -0.05) is 23.7 Å². The summed E-state index contributed by atoms with van der Waals surface area (Å²) in [5.41, 5.74) is 2.69. The van der Waals surface area contributed by atoms with E-state index in [-0.39, 0.29) is 17.6 Å². The Bertz CT molecular complexity index is 1010. The van der Waals surface area contributed by atoms with Crippen LogP contribution in [0.3, 0.4) is 0 Å². The molecule has 0 bridgehead atoms. The molecule has 0 unspecified atom stereocenters. The monoisotopic (exact) mass is 475 g/mol. The second kappa shape index (κ2) is 10.2. The average molecular weight is 476 g/mol. The lowest BCUT2D eigenvalue weighted by molar-refractivity contribution is -0.120. The first-order chi connectivity index (χ1) is 15.4. The fourth-order valence-electron chi connectivity index (χ4n) is 4.43. The van der Waals surface area contributed by atoms with Crippen LogP contribution < -0.4 is 10.2 Å². The highest BCUT2D eigenvalue weighted by Gasteiger charge is 2.31. The Hall–Kier alpha value is -2.09. The van der Waals surface area contributed by atoms with Crippen LogP contribution in [-0.2, 0) is 20.6 Å². The van der Waals surface area contributed by atoms with Crippen molar-refractivity contribution in [1.29, 1.82) is 0 Å². The highest BCUT2D eigenvalue weighted by molar-refractivity contribution is 7.88. The molecule has 1 amide bonds. The summed E-state index contributed by atoms with van der Waals surface area (Å²) in [5.74, 6) is -0.270. The molecule has 2 aliphatic heterocycles. The summed E-state index contributed by atoms with van der Waals surface area (Å²) in [4.78, 5) is 15.1. The topological polar surface area (TPSA) is 69.7 Å². The molecule has 1 N–H and O–H groups in total. The quantitative estimate of drug-likeness (QED) is 0.667. The summed E-state index contributed by atoms with van der Waals surface area (Å²) in [5, 5.41) is 3.59. The van der Waals surface area contributed by atoms with Gasteiger partial charge in [-0.15, -0.1) is 0 Å². The summed E-state index contributed by atoms with van der Waals surface area (Å²) < 4.78 is 27.0. The predicted molar refractivity (Wildman–Crippen MR) is 130 cm³/mol. The first-order valence-electron chi connectivity index (χ1n) is 11.3. The summed E-state index contributed by atoms with van der Waals surface area (Å²) in [6.45, 7) is 2.90. The molecule has 4 rings (SSSR count). The number of hydrogen-bond donors (Lipinski definition) is 1. The minimum Gasteiger partial charge on any atom is -0.372 e. The van der Waals surface area contributed by atoms with Crippen molar-refractivity contribution < 1.29 is 13.2 Å². The minimum absolute atomic E-state index is 0.0366. The number of carbonyl (C=O) groups excluding carboxylic acids is 1. The van der Waals surface area contributed by atoms with Crippen molar-refractivity contribution in [3.8, 4) is 0 Å². The zero-order valence-electron chi connectivity index (χ0n) is 18.2. The van der Waals surface area contributed by atoms with Crippen molar-refractivity contribution in [2.24, 2.45) is 5.92 Å². The molecule has 0 radical (unpaired) electrons. The lowest BCUT2D eigenvalue weighted by Gasteiger charge is -2.31. The van der Waals surface area contributed by atoms with Gasteiger partial charge < -0.3 is 10.2 Å². The number of sulfonamides is 1. The van der Waals surface area contributed by atoms with E-state index in [1.165, 1.54) is 29.3 Å². The fourth-order valence-corrected chi connectivity index (χ4v) is 6.12. The molecule has 2 aromatic carbocycles. The summed E-state index contributed by atoms with van der Waals surface area (Å²) in [6.07, 6.45) is 4.81. The van der Waals surface area contributed by atoms with Gasteiger partial charge in [0.1, 0.15) is 0 Å². The third-order valence-corrected chi connectivity index (χ3v) is 8.44. The molecule has 0 spiro atoms. The number of benzene rings is 2. The number of amides is 1. The van der Waals surface area contributed by atoms with Gasteiger partial charge in [-0.2, -0.15) is 0 Å². The Kier molecular flexibility index (Phi) is 7.38. The van der Waals surface area contributed by atoms with Crippen molar-refractivity contribution in [2.45, 2.75) is 37.9 Å². The van der Waals surface area contributed by atoms with Gasteiger partial charge in [-0.3, -0.25) is 4.79 Å². The van der Waals surface area contributed by atoms with Crippen molar-refractivity contribution in [3.63, 3.8) is 0 Å². The smallest absolute Gasteiger partial charge is 0.227 e. The number of nitrogens with one attached hydrogen (secondary N) is 1. The van der Waals surface area contributed by atoms with Crippen molar-refractivity contribution in [3.05, 3.63) is 59.1 Å². The Labute approximate surface area is 195 Å². The maximum absolute atomic E-state index is 12.8. The van der Waals surface area contributed by atoms with Crippen LogP contribution >= 0.6 is 11.6 Å². The second-order valence-corrected chi connectivity index (χ2v) is 11.0. The third kappa shape index (κ3) is 5.82. The van der Waals surface area contributed by atoms with Crippen LogP contribution in [0.4, 0.5) is 11.4 Å². The maximum atomic E-state index is 12.8. The van der Waals surface area contributed by atoms with Crippen molar-refractivity contribution >= 4 is 38.9 Å². The maximum Gasteiger partial charge on any atom is 0.227 e. The zero-order valence-corrected chi connectivity index (χ0v) is 19.7. The van der Waals surface area contributed by atoms with Crippen LogP contribution in [0.1, 0.15) is 37.7 Å².